The molecule has 3 N–H and O–H groups in total. The van der Waals surface area contributed by atoms with Gasteiger partial charge in [0.15, 0.2) is 0 Å². The second-order valence-corrected chi connectivity index (χ2v) is 19.3. The minimum absolute atomic E-state index is 0.0725. The zero-order chi connectivity index (χ0) is 46.6. The molecule has 3 heterocycles. The molecule has 0 aromatic rings. The minimum Gasteiger partial charge on any atom is -0.460 e. The topological polar surface area (TPSA) is 186 Å². The maximum absolute atomic E-state index is 14.3. The zero-order valence-electron chi connectivity index (χ0n) is 39.3. The minimum atomic E-state index is -2.42. The summed E-state index contributed by atoms with van der Waals surface area (Å²) in [6, 6.07) is -1.12. The van der Waals surface area contributed by atoms with E-state index in [9.17, 15) is 39.3 Å². The summed E-state index contributed by atoms with van der Waals surface area (Å²) in [5, 5.41) is 33.5. The van der Waals surface area contributed by atoms with Gasteiger partial charge in [0.25, 0.3) is 11.7 Å². The van der Waals surface area contributed by atoms with Crippen molar-refractivity contribution in [1.29, 1.82) is 0 Å². The van der Waals surface area contributed by atoms with E-state index in [1.165, 1.54) is 4.90 Å². The van der Waals surface area contributed by atoms with Crippen LogP contribution in [0.5, 0.6) is 0 Å². The lowest BCUT2D eigenvalue weighted by Gasteiger charge is -2.42. The summed E-state index contributed by atoms with van der Waals surface area (Å²) in [5.41, 5.74) is 1.39. The van der Waals surface area contributed by atoms with E-state index in [0.717, 1.165) is 12.0 Å². The van der Waals surface area contributed by atoms with Gasteiger partial charge < -0.3 is 39.2 Å². The molecule has 0 spiro atoms. The number of ether oxygens (including phenoxy) is 4. The number of piperidine rings is 1. The van der Waals surface area contributed by atoms with Crippen LogP contribution in [0.3, 0.4) is 0 Å². The average Bonchev–Trinajstić information content (AvgIpc) is 3.25. The fraction of sp³-hybridized carbons (Fsp3) is 0.740. The van der Waals surface area contributed by atoms with Gasteiger partial charge >= 0.3 is 5.97 Å². The van der Waals surface area contributed by atoms with Crippen LogP contribution in [-0.4, -0.2) is 119 Å². The van der Waals surface area contributed by atoms with Gasteiger partial charge in [0.1, 0.15) is 23.7 Å². The molecule has 1 aliphatic carbocycles. The molecular weight excluding hydrogens is 807 g/mol. The van der Waals surface area contributed by atoms with Crippen molar-refractivity contribution in [3.05, 3.63) is 47.6 Å². The van der Waals surface area contributed by atoms with E-state index < -0.39 is 71.8 Å². The first-order valence-corrected chi connectivity index (χ1v) is 23.4. The Kier molecular flexibility index (Phi) is 20.1. The molecule has 3 aliphatic heterocycles. The first-order valence-electron chi connectivity index (χ1n) is 23.4. The molecule has 4 aliphatic rings. The lowest BCUT2D eigenvalue weighted by atomic mass is 9.78. The van der Waals surface area contributed by atoms with Gasteiger partial charge in [-0.1, -0.05) is 71.1 Å². The number of allylic oxidation sites excluding steroid dienone is 6. The molecule has 0 aromatic heterocycles. The number of cyclic esters (lactones) is 1. The van der Waals surface area contributed by atoms with E-state index in [0.29, 0.717) is 63.4 Å². The van der Waals surface area contributed by atoms with Crippen molar-refractivity contribution in [2.24, 2.45) is 35.5 Å². The zero-order valence-corrected chi connectivity index (χ0v) is 39.3. The molecule has 4 rings (SSSR count). The van der Waals surface area contributed by atoms with Crippen LogP contribution in [0.15, 0.2) is 47.6 Å². The predicted molar refractivity (Wildman–Crippen MR) is 239 cm³/mol. The van der Waals surface area contributed by atoms with Gasteiger partial charge in [-0.05, 0) is 107 Å². The Labute approximate surface area is 375 Å². The molecular formula is C50H77NO12. The van der Waals surface area contributed by atoms with Gasteiger partial charge in [-0.2, -0.15) is 0 Å². The standard InChI is InChI=1S/C50H77NO12/c1-30-15-11-10-12-16-31(2)44(60-8)27-38-20-18-36(7)50(59,63-38)47(56)48(57)51-22-14-13-17-39(51)49(58)62-45(35(6)25-37-19-21-40(52)46(26-37)61-9)29-43(55)34(5)24-33(4)42(54)28-41(53)32(3)23-30/h10-12,15-16,24,30,32,34-40,42,44-46,52,54,59H,13-14,17-23,25-29H2,1-9H3/b12-10+,15-11+,31-16+,33-24+/t30?,32-,34?,35?,36-,37?,38?,39+,40?,42?,44?,45?,46?,50?/m1/s1. The van der Waals surface area contributed by atoms with Gasteiger partial charge in [-0.15, -0.1) is 0 Å². The van der Waals surface area contributed by atoms with Crippen molar-refractivity contribution in [3.8, 4) is 0 Å². The van der Waals surface area contributed by atoms with E-state index in [1.54, 1.807) is 41.1 Å². The number of fused-ring (bicyclic) bond motifs is 3. The lowest BCUT2D eigenvalue weighted by Crippen LogP contribution is -2.61. The van der Waals surface area contributed by atoms with Gasteiger partial charge in [-0.25, -0.2) is 4.79 Å². The third-order valence-electron chi connectivity index (χ3n) is 14.2. The first kappa shape index (κ1) is 52.3. The first-order chi connectivity index (χ1) is 29.8. The van der Waals surface area contributed by atoms with E-state index in [2.05, 4.69) is 0 Å². The van der Waals surface area contributed by atoms with E-state index in [4.69, 9.17) is 18.9 Å². The number of amides is 1. The molecule has 3 fully saturated rings. The number of aliphatic hydroxyl groups excluding tert-OH is 2. The number of hydrogen-bond acceptors (Lipinski definition) is 12. The number of methoxy groups -OCH3 is 2. The van der Waals surface area contributed by atoms with Crippen LogP contribution in [0.2, 0.25) is 0 Å². The van der Waals surface area contributed by atoms with Crippen LogP contribution < -0.4 is 0 Å². The molecule has 63 heavy (non-hydrogen) atoms. The summed E-state index contributed by atoms with van der Waals surface area (Å²) in [6.07, 6.45) is 13.0. The number of Topliss-reactive ketones (excluding diaryl/α,β-unsaturated/α-hetero) is 3. The third kappa shape index (κ3) is 14.3. The van der Waals surface area contributed by atoms with E-state index in [1.807, 2.05) is 58.1 Å². The van der Waals surface area contributed by atoms with Crippen LogP contribution in [-0.2, 0) is 42.9 Å². The highest BCUT2D eigenvalue weighted by molar-refractivity contribution is 6.39. The molecule has 13 heteroatoms. The summed E-state index contributed by atoms with van der Waals surface area (Å²) in [7, 11) is 3.15. The number of hydrogen-bond donors (Lipinski definition) is 3. The fourth-order valence-electron chi connectivity index (χ4n) is 9.78. The van der Waals surface area contributed by atoms with Gasteiger partial charge in [-0.3, -0.25) is 19.2 Å². The Morgan fingerprint density at radius 3 is 2.27 bits per heavy atom. The van der Waals surface area contributed by atoms with Gasteiger partial charge in [0, 0.05) is 57.8 Å². The van der Waals surface area contributed by atoms with Crippen LogP contribution in [0.25, 0.3) is 0 Å². The second-order valence-electron chi connectivity index (χ2n) is 19.3. The molecule has 0 radical (unpaired) electrons. The Hall–Kier alpha value is -3.33. The monoisotopic (exact) mass is 884 g/mol. The smallest absolute Gasteiger partial charge is 0.329 e. The summed E-state index contributed by atoms with van der Waals surface area (Å²) in [6.45, 7) is 12.9. The van der Waals surface area contributed by atoms with Crippen molar-refractivity contribution in [2.75, 3.05) is 20.8 Å². The fourth-order valence-corrected chi connectivity index (χ4v) is 9.78. The maximum Gasteiger partial charge on any atom is 0.329 e. The molecule has 2 saturated heterocycles. The SMILES string of the molecule is COC1CC2CC[C@@H](C)C(O)(O2)C(=O)C(=O)N2CCCC[C@H]2C(=O)OC(C(C)CC2CCC(O)C(OC)C2)CC(=O)C(C)/C=C(\C)C(O)CC(=O)[C@H](C)CC(C)/C=C/C=C/C=C/1C. The molecule has 14 atom stereocenters. The van der Waals surface area contributed by atoms with Crippen molar-refractivity contribution in [3.63, 3.8) is 0 Å². The van der Waals surface area contributed by atoms with Crippen molar-refractivity contribution < 1.29 is 58.2 Å². The molecule has 11 unspecified atom stereocenters. The normalized spacial score (nSPS) is 40.1. The molecule has 0 aromatic carbocycles. The number of carbonyl (C=O) groups excluding carboxylic acids is 5. The van der Waals surface area contributed by atoms with Crippen LogP contribution >= 0.6 is 0 Å². The summed E-state index contributed by atoms with van der Waals surface area (Å²) in [4.78, 5) is 71.1. The van der Waals surface area contributed by atoms with Crippen molar-refractivity contribution >= 4 is 29.2 Å². The van der Waals surface area contributed by atoms with Gasteiger partial charge in [0.2, 0.25) is 5.79 Å². The Morgan fingerprint density at radius 2 is 1.57 bits per heavy atom. The Morgan fingerprint density at radius 1 is 0.841 bits per heavy atom. The molecule has 1 amide bonds. The third-order valence-corrected chi connectivity index (χ3v) is 14.2. The van der Waals surface area contributed by atoms with Crippen molar-refractivity contribution in [2.45, 2.75) is 180 Å². The van der Waals surface area contributed by atoms with E-state index in [-0.39, 0.29) is 67.1 Å². The largest absolute Gasteiger partial charge is 0.460 e. The van der Waals surface area contributed by atoms with Crippen LogP contribution in [0.1, 0.15) is 132 Å². The number of rotatable bonds is 5. The molecule has 13 nitrogen and oxygen atoms in total. The van der Waals surface area contributed by atoms with E-state index >= 15 is 0 Å². The van der Waals surface area contributed by atoms with Crippen LogP contribution in [0.4, 0.5) is 0 Å². The number of ketones is 3. The van der Waals surface area contributed by atoms with Crippen molar-refractivity contribution in [1.82, 2.24) is 4.90 Å². The highest BCUT2D eigenvalue weighted by atomic mass is 16.6. The predicted octanol–water partition coefficient (Wildman–Crippen LogP) is 6.56. The van der Waals surface area contributed by atoms with Gasteiger partial charge in [0.05, 0.1) is 30.5 Å². The Bertz CT molecular complexity index is 1700. The van der Waals surface area contributed by atoms with Crippen LogP contribution in [0, 0.1) is 35.5 Å². The Balaban J connectivity index is 1.67. The average molecular weight is 884 g/mol. The summed E-state index contributed by atoms with van der Waals surface area (Å²) in [5.74, 6) is -7.36. The molecule has 2 bridgehead atoms. The quantitative estimate of drug-likeness (QED) is 0.154. The molecule has 1 saturated carbocycles. The molecule has 354 valence electrons. The highest BCUT2D eigenvalue weighted by Gasteiger charge is 2.53. The number of carbonyl (C=O) groups is 5. The second kappa shape index (κ2) is 24.3. The highest BCUT2D eigenvalue weighted by Crippen LogP contribution is 2.37. The summed E-state index contributed by atoms with van der Waals surface area (Å²) >= 11 is 0. The summed E-state index contributed by atoms with van der Waals surface area (Å²) < 4.78 is 23.8. The lowest BCUT2D eigenvalue weighted by molar-refractivity contribution is -0.265. The maximum atomic E-state index is 14.3. The number of aliphatic hydroxyl groups is 3. The number of esters is 1. The number of nitrogens with zero attached hydrogens (tertiary/aromatic N) is 1.